The molecule has 2 aromatic carbocycles. The summed E-state index contributed by atoms with van der Waals surface area (Å²) < 4.78 is 5.60. The molecule has 4 heteroatoms. The Labute approximate surface area is 117 Å². The lowest BCUT2D eigenvalue weighted by molar-refractivity contribution is 0.0997. The summed E-state index contributed by atoms with van der Waals surface area (Å²) in [5.41, 5.74) is 7.55. The van der Waals surface area contributed by atoms with Crippen LogP contribution < -0.4 is 10.5 Å². The van der Waals surface area contributed by atoms with Gasteiger partial charge in [0.1, 0.15) is 12.4 Å². The van der Waals surface area contributed by atoms with Crippen molar-refractivity contribution in [3.8, 4) is 16.9 Å². The van der Waals surface area contributed by atoms with Crippen molar-refractivity contribution in [3.05, 3.63) is 54.1 Å². The van der Waals surface area contributed by atoms with Crippen molar-refractivity contribution in [2.45, 2.75) is 0 Å². The van der Waals surface area contributed by atoms with Gasteiger partial charge in [0.2, 0.25) is 0 Å². The lowest BCUT2D eigenvalue weighted by Gasteiger charge is -2.14. The summed E-state index contributed by atoms with van der Waals surface area (Å²) in [4.78, 5) is 11.5. The number of halogens is 1. The lowest BCUT2D eigenvalue weighted by atomic mass is 10.0. The summed E-state index contributed by atoms with van der Waals surface area (Å²) in [5.74, 6) is 0.325. The molecule has 0 heterocycles. The van der Waals surface area contributed by atoms with Gasteiger partial charge in [-0.2, -0.15) is 0 Å². The normalized spacial score (nSPS) is 10.2. The van der Waals surface area contributed by atoms with E-state index in [2.05, 4.69) is 0 Å². The molecule has 2 aromatic rings. The number of hydrogen-bond donors (Lipinski definition) is 1. The minimum absolute atomic E-state index is 0.325. The fourth-order valence-electron chi connectivity index (χ4n) is 1.87. The average Bonchev–Trinajstić information content (AvgIpc) is 2.45. The maximum atomic E-state index is 11.5. The largest absolute Gasteiger partial charge is 0.491 e. The van der Waals surface area contributed by atoms with Gasteiger partial charge >= 0.3 is 0 Å². The van der Waals surface area contributed by atoms with Gasteiger partial charge in [0, 0.05) is 5.56 Å². The SMILES string of the molecule is NC(=O)c1cccc(-c2ccccc2)c1OCCCl. The first kappa shape index (κ1) is 13.4. The Kier molecular flexibility index (Phi) is 4.42. The van der Waals surface area contributed by atoms with Gasteiger partial charge in [0.15, 0.2) is 0 Å². The van der Waals surface area contributed by atoms with Crippen LogP contribution in [-0.4, -0.2) is 18.4 Å². The number of hydrogen-bond acceptors (Lipinski definition) is 2. The van der Waals surface area contributed by atoms with E-state index >= 15 is 0 Å². The first-order valence-electron chi connectivity index (χ1n) is 5.91. The van der Waals surface area contributed by atoms with E-state index in [0.29, 0.717) is 23.8 Å². The molecule has 3 nitrogen and oxygen atoms in total. The Morgan fingerprint density at radius 1 is 1.11 bits per heavy atom. The van der Waals surface area contributed by atoms with Crippen LogP contribution in [0.15, 0.2) is 48.5 Å². The van der Waals surface area contributed by atoms with Crippen molar-refractivity contribution in [1.82, 2.24) is 0 Å². The molecule has 0 saturated heterocycles. The number of nitrogens with two attached hydrogens (primary N) is 1. The summed E-state index contributed by atoms with van der Waals surface area (Å²) in [5, 5.41) is 0. The molecule has 0 unspecified atom stereocenters. The molecule has 19 heavy (non-hydrogen) atoms. The van der Waals surface area contributed by atoms with E-state index in [4.69, 9.17) is 22.1 Å². The van der Waals surface area contributed by atoms with Crippen LogP contribution in [0.5, 0.6) is 5.75 Å². The van der Waals surface area contributed by atoms with E-state index in [-0.39, 0.29) is 0 Å². The molecule has 1 amide bonds. The van der Waals surface area contributed by atoms with Crippen molar-refractivity contribution in [1.29, 1.82) is 0 Å². The van der Waals surface area contributed by atoms with E-state index in [9.17, 15) is 4.79 Å². The highest BCUT2D eigenvalue weighted by Crippen LogP contribution is 2.33. The number of alkyl halides is 1. The third-order valence-corrected chi connectivity index (χ3v) is 2.84. The summed E-state index contributed by atoms with van der Waals surface area (Å²) in [6, 6.07) is 15.0. The Bertz CT molecular complexity index is 570. The molecule has 0 atom stereocenters. The summed E-state index contributed by atoms with van der Waals surface area (Å²) in [7, 11) is 0. The molecule has 0 aliphatic carbocycles. The summed E-state index contributed by atoms with van der Waals surface area (Å²) in [6.07, 6.45) is 0. The van der Waals surface area contributed by atoms with E-state index in [1.54, 1.807) is 12.1 Å². The van der Waals surface area contributed by atoms with Crippen LogP contribution in [0.1, 0.15) is 10.4 Å². The highest BCUT2D eigenvalue weighted by Gasteiger charge is 2.14. The maximum absolute atomic E-state index is 11.5. The van der Waals surface area contributed by atoms with Crippen molar-refractivity contribution < 1.29 is 9.53 Å². The van der Waals surface area contributed by atoms with Gasteiger partial charge in [-0.25, -0.2) is 0 Å². The summed E-state index contributed by atoms with van der Waals surface area (Å²) >= 11 is 5.64. The van der Waals surface area contributed by atoms with Crippen LogP contribution >= 0.6 is 11.6 Å². The molecule has 2 N–H and O–H groups in total. The molecule has 0 spiro atoms. The van der Waals surface area contributed by atoms with Gasteiger partial charge in [-0.1, -0.05) is 42.5 Å². The highest BCUT2D eigenvalue weighted by molar-refractivity contribution is 6.18. The molecule has 0 aliphatic heterocycles. The van der Waals surface area contributed by atoms with Gasteiger partial charge < -0.3 is 10.5 Å². The Hall–Kier alpha value is -2.00. The molecular formula is C15H14ClNO2. The number of benzene rings is 2. The van der Waals surface area contributed by atoms with Crippen LogP contribution in [0.25, 0.3) is 11.1 Å². The Morgan fingerprint density at radius 3 is 2.47 bits per heavy atom. The molecule has 2 rings (SSSR count). The topological polar surface area (TPSA) is 52.3 Å². The maximum Gasteiger partial charge on any atom is 0.252 e. The van der Waals surface area contributed by atoms with Gasteiger partial charge in [0.05, 0.1) is 11.4 Å². The van der Waals surface area contributed by atoms with Crippen LogP contribution in [0, 0.1) is 0 Å². The van der Waals surface area contributed by atoms with Gasteiger partial charge in [0.25, 0.3) is 5.91 Å². The second kappa shape index (κ2) is 6.25. The Balaban J connectivity index is 2.53. The third kappa shape index (κ3) is 3.06. The lowest BCUT2D eigenvalue weighted by Crippen LogP contribution is -2.14. The number of carbonyl (C=O) groups excluding carboxylic acids is 1. The van der Waals surface area contributed by atoms with Crippen LogP contribution in [-0.2, 0) is 0 Å². The van der Waals surface area contributed by atoms with E-state index < -0.39 is 5.91 Å². The zero-order valence-electron chi connectivity index (χ0n) is 10.3. The molecular weight excluding hydrogens is 262 g/mol. The van der Waals surface area contributed by atoms with Crippen molar-refractivity contribution in [2.75, 3.05) is 12.5 Å². The number of rotatable bonds is 5. The first-order valence-corrected chi connectivity index (χ1v) is 6.44. The number of amides is 1. The monoisotopic (exact) mass is 275 g/mol. The quantitative estimate of drug-likeness (QED) is 0.853. The highest BCUT2D eigenvalue weighted by atomic mass is 35.5. The van der Waals surface area contributed by atoms with Gasteiger partial charge in [-0.15, -0.1) is 11.6 Å². The second-order valence-corrected chi connectivity index (χ2v) is 4.33. The molecule has 0 aromatic heterocycles. The number of para-hydroxylation sites is 1. The van der Waals surface area contributed by atoms with E-state index in [1.165, 1.54) is 0 Å². The van der Waals surface area contributed by atoms with Crippen LogP contribution in [0.4, 0.5) is 0 Å². The van der Waals surface area contributed by atoms with Crippen molar-refractivity contribution in [3.63, 3.8) is 0 Å². The molecule has 0 bridgehead atoms. The predicted octanol–water partition coefficient (Wildman–Crippen LogP) is 3.07. The smallest absolute Gasteiger partial charge is 0.252 e. The minimum atomic E-state index is -0.512. The Morgan fingerprint density at radius 2 is 1.84 bits per heavy atom. The molecule has 0 aliphatic rings. The van der Waals surface area contributed by atoms with Gasteiger partial charge in [-0.05, 0) is 11.6 Å². The zero-order valence-corrected chi connectivity index (χ0v) is 11.1. The number of primary amides is 1. The third-order valence-electron chi connectivity index (χ3n) is 2.69. The van der Waals surface area contributed by atoms with Crippen LogP contribution in [0.2, 0.25) is 0 Å². The van der Waals surface area contributed by atoms with E-state index in [0.717, 1.165) is 11.1 Å². The predicted molar refractivity (Wildman–Crippen MR) is 76.6 cm³/mol. The average molecular weight is 276 g/mol. The van der Waals surface area contributed by atoms with Crippen LogP contribution in [0.3, 0.4) is 0 Å². The van der Waals surface area contributed by atoms with Crippen molar-refractivity contribution in [2.24, 2.45) is 5.73 Å². The fraction of sp³-hybridized carbons (Fsp3) is 0.133. The van der Waals surface area contributed by atoms with E-state index in [1.807, 2.05) is 36.4 Å². The molecule has 0 fully saturated rings. The molecule has 98 valence electrons. The molecule has 0 saturated carbocycles. The van der Waals surface area contributed by atoms with Crippen molar-refractivity contribution >= 4 is 17.5 Å². The number of ether oxygens (including phenoxy) is 1. The van der Waals surface area contributed by atoms with Gasteiger partial charge in [-0.3, -0.25) is 4.79 Å². The standard InChI is InChI=1S/C15H14ClNO2/c16-9-10-19-14-12(11-5-2-1-3-6-11)7-4-8-13(14)15(17)18/h1-8H,9-10H2,(H2,17,18). The summed E-state index contributed by atoms with van der Waals surface area (Å²) in [6.45, 7) is 0.325. The number of carbonyl (C=O) groups is 1. The fourth-order valence-corrected chi connectivity index (χ4v) is 1.95. The zero-order chi connectivity index (χ0) is 13.7. The first-order chi connectivity index (χ1) is 9.24. The minimum Gasteiger partial charge on any atom is -0.491 e. The molecule has 0 radical (unpaired) electrons. The second-order valence-electron chi connectivity index (χ2n) is 3.95.